The average Bonchev–Trinajstić information content (AvgIpc) is 2.96. The Hall–Kier alpha value is -1.46. The molecule has 127 valence electrons. The molecular formula is C19H20ClNNaO3. The molecule has 6 heteroatoms. The van der Waals surface area contributed by atoms with Gasteiger partial charge in [-0.15, -0.1) is 12.4 Å². The number of ether oxygens (including phenoxy) is 2. The molecule has 0 fully saturated rings. The third kappa shape index (κ3) is 4.59. The van der Waals surface area contributed by atoms with Gasteiger partial charge in [-0.25, -0.2) is 4.79 Å². The fourth-order valence-corrected chi connectivity index (χ4v) is 2.92. The van der Waals surface area contributed by atoms with E-state index < -0.39 is 0 Å². The molecule has 0 aliphatic heterocycles. The number of carbonyl (C=O) groups excluding carboxylic acids is 1. The van der Waals surface area contributed by atoms with Crippen molar-refractivity contribution in [3.05, 3.63) is 64.7 Å². The number of fused-ring (bicyclic) bond motifs is 1. The van der Waals surface area contributed by atoms with Crippen molar-refractivity contribution < 1.29 is 14.3 Å². The van der Waals surface area contributed by atoms with Gasteiger partial charge in [0.25, 0.3) is 0 Å². The summed E-state index contributed by atoms with van der Waals surface area (Å²) < 4.78 is 10.2. The van der Waals surface area contributed by atoms with Gasteiger partial charge in [-0.1, -0.05) is 18.2 Å². The van der Waals surface area contributed by atoms with E-state index in [4.69, 9.17) is 15.2 Å². The van der Waals surface area contributed by atoms with Gasteiger partial charge in [0.15, 0.2) is 0 Å². The fraction of sp³-hybridized carbons (Fsp3) is 0.211. The molecule has 0 aromatic heterocycles. The summed E-state index contributed by atoms with van der Waals surface area (Å²) in [5, 5.41) is 0. The predicted molar refractivity (Wildman–Crippen MR) is 104 cm³/mol. The number of benzene rings is 2. The second-order valence-electron chi connectivity index (χ2n) is 5.55. The topological polar surface area (TPSA) is 61.5 Å². The van der Waals surface area contributed by atoms with Crippen LogP contribution in [0.2, 0.25) is 0 Å². The summed E-state index contributed by atoms with van der Waals surface area (Å²) in [5.41, 5.74) is 11.9. The van der Waals surface area contributed by atoms with Gasteiger partial charge in [-0.2, -0.15) is 0 Å². The van der Waals surface area contributed by atoms with E-state index in [1.54, 1.807) is 19.2 Å². The molecule has 1 radical (unpaired) electrons. The van der Waals surface area contributed by atoms with Crippen LogP contribution in [0.3, 0.4) is 0 Å². The molecule has 0 bridgehead atoms. The zero-order chi connectivity index (χ0) is 16.4. The second kappa shape index (κ2) is 9.30. The van der Waals surface area contributed by atoms with Crippen molar-refractivity contribution in [3.63, 3.8) is 0 Å². The number of nitrogens with two attached hydrogens (primary N) is 1. The quantitative estimate of drug-likeness (QED) is 0.511. The zero-order valence-electron chi connectivity index (χ0n) is 14.7. The Morgan fingerprint density at radius 3 is 2.60 bits per heavy atom. The van der Waals surface area contributed by atoms with Crippen molar-refractivity contribution >= 4 is 59.2 Å². The van der Waals surface area contributed by atoms with Crippen molar-refractivity contribution in [1.29, 1.82) is 0 Å². The summed E-state index contributed by atoms with van der Waals surface area (Å²) in [5.74, 6) is 0.319. The van der Waals surface area contributed by atoms with E-state index in [9.17, 15) is 4.79 Å². The molecule has 25 heavy (non-hydrogen) atoms. The largest absolute Gasteiger partial charge is 0.496 e. The molecule has 0 unspecified atom stereocenters. The van der Waals surface area contributed by atoms with E-state index in [2.05, 4.69) is 12.1 Å². The maximum absolute atomic E-state index is 11.6. The molecule has 0 spiro atoms. The van der Waals surface area contributed by atoms with Crippen molar-refractivity contribution in [2.45, 2.75) is 12.8 Å². The Morgan fingerprint density at radius 2 is 1.92 bits per heavy atom. The van der Waals surface area contributed by atoms with Gasteiger partial charge in [-0.05, 0) is 52.9 Å². The smallest absolute Gasteiger partial charge is 0.337 e. The number of halogens is 1. The maximum atomic E-state index is 11.6. The number of anilines is 1. The first-order valence-corrected chi connectivity index (χ1v) is 7.45. The number of methoxy groups -OCH3 is 2. The minimum atomic E-state index is -0.368. The van der Waals surface area contributed by atoms with Crippen LogP contribution in [-0.4, -0.2) is 49.7 Å². The summed E-state index contributed by atoms with van der Waals surface area (Å²) in [6.45, 7) is 0. The molecule has 0 saturated carbocycles. The Labute approximate surface area is 176 Å². The Balaban J connectivity index is 0.00000156. The molecule has 4 nitrogen and oxygen atoms in total. The second-order valence-corrected chi connectivity index (χ2v) is 5.55. The molecule has 2 N–H and O–H groups in total. The van der Waals surface area contributed by atoms with Crippen LogP contribution in [0.4, 0.5) is 5.69 Å². The maximum Gasteiger partial charge on any atom is 0.337 e. The van der Waals surface area contributed by atoms with E-state index >= 15 is 0 Å². The number of hydrogen-bond acceptors (Lipinski definition) is 4. The van der Waals surface area contributed by atoms with Crippen LogP contribution in [-0.2, 0) is 17.6 Å². The SMILES string of the molecule is COC(=O)c1ccc(CC2=CCc3ccc(N)cc32)c(OC)c1.Cl.[Na]. The molecule has 0 atom stereocenters. The Morgan fingerprint density at radius 1 is 1.16 bits per heavy atom. The molecular weight excluding hydrogens is 349 g/mol. The molecule has 0 saturated heterocycles. The van der Waals surface area contributed by atoms with Crippen LogP contribution >= 0.6 is 12.4 Å². The van der Waals surface area contributed by atoms with Gasteiger partial charge < -0.3 is 15.2 Å². The number of allylic oxidation sites excluding steroid dienone is 2. The van der Waals surface area contributed by atoms with Crippen LogP contribution in [0.25, 0.3) is 5.57 Å². The van der Waals surface area contributed by atoms with E-state index in [-0.39, 0.29) is 47.9 Å². The third-order valence-corrected chi connectivity index (χ3v) is 4.14. The number of nitrogen functional groups attached to an aromatic ring is 1. The van der Waals surface area contributed by atoms with Crippen LogP contribution in [0.5, 0.6) is 5.75 Å². The van der Waals surface area contributed by atoms with Gasteiger partial charge >= 0.3 is 5.97 Å². The van der Waals surface area contributed by atoms with E-state index in [1.807, 2.05) is 18.2 Å². The third-order valence-electron chi connectivity index (χ3n) is 4.14. The first-order chi connectivity index (χ1) is 11.1. The molecule has 1 aliphatic carbocycles. The van der Waals surface area contributed by atoms with Crippen LogP contribution in [0, 0.1) is 0 Å². The number of rotatable bonds is 4. The summed E-state index contributed by atoms with van der Waals surface area (Å²) >= 11 is 0. The molecule has 0 heterocycles. The average molecular weight is 369 g/mol. The van der Waals surface area contributed by atoms with Gasteiger partial charge in [0.05, 0.1) is 19.8 Å². The normalized spacial score (nSPS) is 11.5. The van der Waals surface area contributed by atoms with Gasteiger partial charge in [0, 0.05) is 41.7 Å². The van der Waals surface area contributed by atoms with Crippen molar-refractivity contribution in [2.75, 3.05) is 20.0 Å². The van der Waals surface area contributed by atoms with Crippen molar-refractivity contribution in [2.24, 2.45) is 0 Å². The minimum Gasteiger partial charge on any atom is -0.496 e. The summed E-state index contributed by atoms with van der Waals surface area (Å²) in [6, 6.07) is 11.4. The molecule has 0 amide bonds. The van der Waals surface area contributed by atoms with Crippen LogP contribution in [0.1, 0.15) is 27.0 Å². The summed E-state index contributed by atoms with van der Waals surface area (Å²) in [7, 11) is 2.97. The van der Waals surface area contributed by atoms with Crippen molar-refractivity contribution in [1.82, 2.24) is 0 Å². The van der Waals surface area contributed by atoms with Crippen LogP contribution in [0.15, 0.2) is 42.5 Å². The summed E-state index contributed by atoms with van der Waals surface area (Å²) in [4.78, 5) is 11.6. The fourth-order valence-electron chi connectivity index (χ4n) is 2.92. The van der Waals surface area contributed by atoms with E-state index in [0.717, 1.165) is 24.1 Å². The Kier molecular flexibility index (Phi) is 8.03. The Bertz CT molecular complexity index is 805. The van der Waals surface area contributed by atoms with Gasteiger partial charge in [0.2, 0.25) is 0 Å². The van der Waals surface area contributed by atoms with Crippen molar-refractivity contribution in [3.8, 4) is 5.75 Å². The molecule has 2 aromatic rings. The molecule has 1 aliphatic rings. The first-order valence-electron chi connectivity index (χ1n) is 7.45. The van der Waals surface area contributed by atoms with Crippen LogP contribution < -0.4 is 10.5 Å². The number of carbonyl (C=O) groups is 1. The van der Waals surface area contributed by atoms with E-state index in [0.29, 0.717) is 11.3 Å². The standard InChI is InChI=1S/C19H19NO3.ClH.Na/c1-22-18-10-15(19(21)23-2)6-5-14(18)9-13-4-3-12-7-8-16(20)11-17(12)13;;/h4-8,10-11H,3,9,20H2,1-2H3;1H;. The monoisotopic (exact) mass is 368 g/mol. The minimum absolute atomic E-state index is 0. The molecule has 2 aromatic carbocycles. The first kappa shape index (κ1) is 21.6. The number of esters is 1. The summed E-state index contributed by atoms with van der Waals surface area (Å²) in [6.07, 6.45) is 3.88. The zero-order valence-corrected chi connectivity index (χ0v) is 17.5. The van der Waals surface area contributed by atoms with Gasteiger partial charge in [-0.3, -0.25) is 0 Å². The molecule has 3 rings (SSSR count). The van der Waals surface area contributed by atoms with Gasteiger partial charge in [0.1, 0.15) is 5.75 Å². The predicted octanol–water partition coefficient (Wildman–Crippen LogP) is 3.29. The number of hydrogen-bond donors (Lipinski definition) is 1. The van der Waals surface area contributed by atoms with E-state index in [1.165, 1.54) is 23.8 Å².